The molecule has 1 fully saturated rings. The number of hydrogen-bond donors (Lipinski definition) is 0. The Morgan fingerprint density at radius 3 is 2.68 bits per heavy atom. The number of hydrogen-bond acceptors (Lipinski definition) is 4. The van der Waals surface area contributed by atoms with Gasteiger partial charge in [0.2, 0.25) is 0 Å². The van der Waals surface area contributed by atoms with Crippen LogP contribution in [0.15, 0.2) is 24.3 Å². The van der Waals surface area contributed by atoms with E-state index in [2.05, 4.69) is 17.0 Å². The van der Waals surface area contributed by atoms with Crippen LogP contribution in [0.25, 0.3) is 0 Å². The molecule has 2 rings (SSSR count). The minimum absolute atomic E-state index is 0.329. The zero-order chi connectivity index (χ0) is 13.5. The lowest BCUT2D eigenvalue weighted by Gasteiger charge is -2.16. The van der Waals surface area contributed by atoms with Crippen LogP contribution in [0.3, 0.4) is 0 Å². The summed E-state index contributed by atoms with van der Waals surface area (Å²) in [6.45, 7) is 3.61. The Balaban J connectivity index is 1.70. The van der Waals surface area contributed by atoms with E-state index in [0.717, 1.165) is 38.2 Å². The van der Waals surface area contributed by atoms with E-state index in [4.69, 9.17) is 14.2 Å². The largest absolute Gasteiger partial charge is 0.497 e. The van der Waals surface area contributed by atoms with Gasteiger partial charge < -0.3 is 19.1 Å². The van der Waals surface area contributed by atoms with E-state index in [1.54, 1.807) is 14.2 Å². The predicted octanol–water partition coefficient (Wildman–Crippen LogP) is 1.93. The van der Waals surface area contributed by atoms with Crippen molar-refractivity contribution in [2.75, 3.05) is 40.6 Å². The number of benzene rings is 1. The van der Waals surface area contributed by atoms with Crippen LogP contribution in [-0.4, -0.2) is 51.7 Å². The van der Waals surface area contributed by atoms with Crippen LogP contribution in [0.4, 0.5) is 0 Å². The minimum Gasteiger partial charge on any atom is -0.497 e. The summed E-state index contributed by atoms with van der Waals surface area (Å²) in [5.74, 6) is 0.915. The van der Waals surface area contributed by atoms with Gasteiger partial charge in [-0.2, -0.15) is 0 Å². The zero-order valence-electron chi connectivity index (χ0n) is 11.8. The van der Waals surface area contributed by atoms with Crippen molar-refractivity contribution >= 4 is 0 Å². The summed E-state index contributed by atoms with van der Waals surface area (Å²) in [7, 11) is 3.36. The molecule has 0 bridgehead atoms. The summed E-state index contributed by atoms with van der Waals surface area (Å²) in [4.78, 5) is 2.45. The summed E-state index contributed by atoms with van der Waals surface area (Å²) in [5, 5.41) is 0. The van der Waals surface area contributed by atoms with Crippen molar-refractivity contribution in [2.45, 2.75) is 18.9 Å². The number of methoxy groups -OCH3 is 2. The molecular weight excluding hydrogens is 242 g/mol. The molecule has 1 aromatic rings. The second-order valence-corrected chi connectivity index (χ2v) is 4.88. The Morgan fingerprint density at radius 2 is 2.00 bits per heavy atom. The van der Waals surface area contributed by atoms with Crippen LogP contribution < -0.4 is 4.74 Å². The monoisotopic (exact) mass is 265 g/mol. The second kappa shape index (κ2) is 7.48. The van der Waals surface area contributed by atoms with E-state index in [9.17, 15) is 0 Å². The van der Waals surface area contributed by atoms with Gasteiger partial charge in [-0.15, -0.1) is 0 Å². The van der Waals surface area contributed by atoms with Crippen molar-refractivity contribution in [1.29, 1.82) is 0 Å². The molecule has 0 aromatic heterocycles. The van der Waals surface area contributed by atoms with E-state index in [-0.39, 0.29) is 0 Å². The summed E-state index contributed by atoms with van der Waals surface area (Å²) in [5.41, 5.74) is 1.35. The SMILES string of the molecule is COCOC1CCN(CCc2ccc(OC)cc2)C1. The molecule has 0 N–H and O–H groups in total. The van der Waals surface area contributed by atoms with Crippen molar-refractivity contribution in [3.05, 3.63) is 29.8 Å². The lowest BCUT2D eigenvalue weighted by Crippen LogP contribution is -2.25. The molecule has 0 aliphatic carbocycles. The van der Waals surface area contributed by atoms with Gasteiger partial charge in [0, 0.05) is 26.7 Å². The van der Waals surface area contributed by atoms with E-state index in [1.807, 2.05) is 12.1 Å². The van der Waals surface area contributed by atoms with Crippen LogP contribution in [0, 0.1) is 0 Å². The van der Waals surface area contributed by atoms with Crippen molar-refractivity contribution in [3.63, 3.8) is 0 Å². The number of ether oxygens (including phenoxy) is 3. The molecule has 1 aliphatic rings. The van der Waals surface area contributed by atoms with Gasteiger partial charge >= 0.3 is 0 Å². The quantitative estimate of drug-likeness (QED) is 0.705. The normalized spacial score (nSPS) is 19.8. The van der Waals surface area contributed by atoms with Crippen molar-refractivity contribution < 1.29 is 14.2 Å². The number of rotatable bonds is 7. The fourth-order valence-electron chi connectivity index (χ4n) is 2.38. The highest BCUT2D eigenvalue weighted by Gasteiger charge is 2.22. The molecule has 1 heterocycles. The Kier molecular flexibility index (Phi) is 5.63. The molecule has 4 nitrogen and oxygen atoms in total. The predicted molar refractivity (Wildman–Crippen MR) is 74.5 cm³/mol. The van der Waals surface area contributed by atoms with Crippen molar-refractivity contribution in [1.82, 2.24) is 4.90 Å². The Morgan fingerprint density at radius 1 is 1.21 bits per heavy atom. The zero-order valence-corrected chi connectivity index (χ0v) is 11.8. The van der Waals surface area contributed by atoms with E-state index < -0.39 is 0 Å². The van der Waals surface area contributed by atoms with E-state index in [0.29, 0.717) is 12.9 Å². The molecule has 0 radical (unpaired) electrons. The van der Waals surface area contributed by atoms with Gasteiger partial charge in [0.05, 0.1) is 13.2 Å². The van der Waals surface area contributed by atoms with Gasteiger partial charge in [0.25, 0.3) is 0 Å². The molecule has 1 saturated heterocycles. The summed E-state index contributed by atoms with van der Waals surface area (Å²) >= 11 is 0. The third-order valence-corrected chi connectivity index (χ3v) is 3.53. The first-order chi connectivity index (χ1) is 9.31. The fourth-order valence-corrected chi connectivity index (χ4v) is 2.38. The van der Waals surface area contributed by atoms with Gasteiger partial charge in [0.15, 0.2) is 0 Å². The Bertz CT molecular complexity index is 366. The first-order valence-electron chi connectivity index (χ1n) is 6.77. The average molecular weight is 265 g/mol. The summed E-state index contributed by atoms with van der Waals surface area (Å²) < 4.78 is 15.7. The first-order valence-corrected chi connectivity index (χ1v) is 6.77. The van der Waals surface area contributed by atoms with Gasteiger partial charge in [-0.1, -0.05) is 12.1 Å². The van der Waals surface area contributed by atoms with Crippen LogP contribution in [0.2, 0.25) is 0 Å². The smallest absolute Gasteiger partial charge is 0.146 e. The maximum atomic E-state index is 5.58. The summed E-state index contributed by atoms with van der Waals surface area (Å²) in [6.07, 6.45) is 2.50. The second-order valence-electron chi connectivity index (χ2n) is 4.88. The lowest BCUT2D eigenvalue weighted by atomic mass is 10.1. The number of nitrogens with zero attached hydrogens (tertiary/aromatic N) is 1. The molecular formula is C15H23NO3. The highest BCUT2D eigenvalue weighted by molar-refractivity contribution is 5.27. The van der Waals surface area contributed by atoms with E-state index >= 15 is 0 Å². The van der Waals surface area contributed by atoms with Gasteiger partial charge in [0.1, 0.15) is 12.5 Å². The maximum Gasteiger partial charge on any atom is 0.146 e. The molecule has 4 heteroatoms. The summed E-state index contributed by atoms with van der Waals surface area (Å²) in [6, 6.07) is 8.30. The van der Waals surface area contributed by atoms with Crippen LogP contribution in [0.1, 0.15) is 12.0 Å². The standard InChI is InChI=1S/C15H23NO3/c1-17-12-19-15-8-10-16(11-15)9-7-13-3-5-14(18-2)6-4-13/h3-6,15H,7-12H2,1-2H3. The first kappa shape index (κ1) is 14.3. The average Bonchev–Trinajstić information content (AvgIpc) is 2.91. The topological polar surface area (TPSA) is 30.9 Å². The van der Waals surface area contributed by atoms with Crippen LogP contribution >= 0.6 is 0 Å². The molecule has 1 aromatic carbocycles. The molecule has 1 unspecified atom stereocenters. The third-order valence-electron chi connectivity index (χ3n) is 3.53. The molecule has 19 heavy (non-hydrogen) atoms. The van der Waals surface area contributed by atoms with Crippen LogP contribution in [-0.2, 0) is 15.9 Å². The van der Waals surface area contributed by atoms with Gasteiger partial charge in [-0.25, -0.2) is 0 Å². The molecule has 0 spiro atoms. The fraction of sp³-hybridized carbons (Fsp3) is 0.600. The lowest BCUT2D eigenvalue weighted by molar-refractivity contribution is -0.0670. The molecule has 1 atom stereocenters. The highest BCUT2D eigenvalue weighted by Crippen LogP contribution is 2.15. The molecule has 106 valence electrons. The Hall–Kier alpha value is -1.10. The molecule has 1 aliphatic heterocycles. The third kappa shape index (κ3) is 4.49. The minimum atomic E-state index is 0.329. The number of likely N-dealkylation sites (tertiary alicyclic amines) is 1. The van der Waals surface area contributed by atoms with E-state index in [1.165, 1.54) is 5.56 Å². The van der Waals surface area contributed by atoms with Crippen molar-refractivity contribution in [3.8, 4) is 5.75 Å². The maximum absolute atomic E-state index is 5.58. The van der Waals surface area contributed by atoms with Crippen LogP contribution in [0.5, 0.6) is 5.75 Å². The van der Waals surface area contributed by atoms with Gasteiger partial charge in [-0.3, -0.25) is 0 Å². The highest BCUT2D eigenvalue weighted by atomic mass is 16.7. The van der Waals surface area contributed by atoms with Crippen molar-refractivity contribution in [2.24, 2.45) is 0 Å². The molecule has 0 saturated carbocycles. The van der Waals surface area contributed by atoms with Gasteiger partial charge in [-0.05, 0) is 30.5 Å². The Labute approximate surface area is 115 Å². The molecule has 0 amide bonds.